The first-order valence-corrected chi connectivity index (χ1v) is 6.26. The zero-order valence-electron chi connectivity index (χ0n) is 10.6. The van der Waals surface area contributed by atoms with Gasteiger partial charge in [0, 0.05) is 6.04 Å². The summed E-state index contributed by atoms with van der Waals surface area (Å²) >= 11 is 0. The Kier molecular flexibility index (Phi) is 3.24. The summed E-state index contributed by atoms with van der Waals surface area (Å²) in [5, 5.41) is 6.31. The van der Waals surface area contributed by atoms with E-state index < -0.39 is 11.8 Å². The number of amides is 2. The molecule has 2 amide bonds. The molecule has 1 aromatic carbocycles. The van der Waals surface area contributed by atoms with Crippen molar-refractivity contribution in [2.24, 2.45) is 5.10 Å². The summed E-state index contributed by atoms with van der Waals surface area (Å²) in [5.41, 5.74) is 2.91. The summed E-state index contributed by atoms with van der Waals surface area (Å²) in [5.74, 6) is -0.119. The number of carbonyl (C=O) groups is 2. The van der Waals surface area contributed by atoms with Gasteiger partial charge in [-0.25, -0.2) is 5.43 Å². The number of ether oxygens (including phenoxy) is 2. The molecular formula is C13H13N3O4. The van der Waals surface area contributed by atoms with Crippen molar-refractivity contribution in [2.75, 3.05) is 6.79 Å². The highest BCUT2D eigenvalue weighted by Gasteiger charge is 2.26. The lowest BCUT2D eigenvalue weighted by Crippen LogP contribution is -2.38. The zero-order valence-corrected chi connectivity index (χ0v) is 10.6. The SMILES string of the molecule is O=C(N/N=C\c1ccc2c(c1)OCO2)C(=O)NC1CC1. The topological polar surface area (TPSA) is 89.0 Å². The first-order valence-electron chi connectivity index (χ1n) is 6.26. The van der Waals surface area contributed by atoms with Crippen LogP contribution < -0.4 is 20.2 Å². The van der Waals surface area contributed by atoms with Gasteiger partial charge in [-0.05, 0) is 36.6 Å². The monoisotopic (exact) mass is 275 g/mol. The van der Waals surface area contributed by atoms with Gasteiger partial charge in [0.05, 0.1) is 6.21 Å². The highest BCUT2D eigenvalue weighted by atomic mass is 16.7. The van der Waals surface area contributed by atoms with Gasteiger partial charge in [0.1, 0.15) is 0 Å². The van der Waals surface area contributed by atoms with Crippen LogP contribution in [0.5, 0.6) is 11.5 Å². The molecule has 2 aliphatic rings. The molecule has 7 heteroatoms. The molecule has 0 spiro atoms. The van der Waals surface area contributed by atoms with Crippen molar-refractivity contribution >= 4 is 18.0 Å². The fourth-order valence-electron chi connectivity index (χ4n) is 1.69. The lowest BCUT2D eigenvalue weighted by atomic mass is 10.2. The molecule has 3 rings (SSSR count). The van der Waals surface area contributed by atoms with Gasteiger partial charge in [0.2, 0.25) is 6.79 Å². The first kappa shape index (κ1) is 12.5. The molecule has 104 valence electrons. The predicted octanol–water partition coefficient (Wildman–Crippen LogP) is 0.144. The van der Waals surface area contributed by atoms with E-state index in [-0.39, 0.29) is 12.8 Å². The minimum atomic E-state index is -0.770. The summed E-state index contributed by atoms with van der Waals surface area (Å²) in [6.45, 7) is 0.202. The molecule has 0 aromatic heterocycles. The smallest absolute Gasteiger partial charge is 0.329 e. The Balaban J connectivity index is 1.54. The second-order valence-electron chi connectivity index (χ2n) is 4.56. The number of hydrogen-bond acceptors (Lipinski definition) is 5. The van der Waals surface area contributed by atoms with Crippen molar-refractivity contribution in [1.29, 1.82) is 0 Å². The van der Waals surface area contributed by atoms with Crippen molar-refractivity contribution in [3.8, 4) is 11.5 Å². The van der Waals surface area contributed by atoms with Crippen LogP contribution >= 0.6 is 0 Å². The van der Waals surface area contributed by atoms with E-state index in [1.807, 2.05) is 0 Å². The molecule has 1 saturated carbocycles. The Morgan fingerprint density at radius 3 is 2.80 bits per heavy atom. The average Bonchev–Trinajstić information content (AvgIpc) is 3.13. The second-order valence-corrected chi connectivity index (χ2v) is 4.56. The van der Waals surface area contributed by atoms with Crippen molar-refractivity contribution in [3.63, 3.8) is 0 Å². The number of nitrogens with zero attached hydrogens (tertiary/aromatic N) is 1. The maximum atomic E-state index is 11.4. The Hall–Kier alpha value is -2.57. The fraction of sp³-hybridized carbons (Fsp3) is 0.308. The average molecular weight is 275 g/mol. The predicted molar refractivity (Wildman–Crippen MR) is 69.5 cm³/mol. The maximum Gasteiger partial charge on any atom is 0.329 e. The summed E-state index contributed by atoms with van der Waals surface area (Å²) in [6.07, 6.45) is 3.29. The molecule has 7 nitrogen and oxygen atoms in total. The van der Waals surface area contributed by atoms with Crippen LogP contribution in [0.1, 0.15) is 18.4 Å². The van der Waals surface area contributed by atoms with E-state index in [9.17, 15) is 9.59 Å². The number of hydrogen-bond donors (Lipinski definition) is 2. The number of benzene rings is 1. The molecule has 0 radical (unpaired) electrons. The van der Waals surface area contributed by atoms with Gasteiger partial charge in [0.15, 0.2) is 11.5 Å². The van der Waals surface area contributed by atoms with Crippen molar-refractivity contribution in [3.05, 3.63) is 23.8 Å². The number of fused-ring (bicyclic) bond motifs is 1. The molecule has 0 unspecified atom stereocenters. The maximum absolute atomic E-state index is 11.4. The van der Waals surface area contributed by atoms with Crippen LogP contribution in [0.4, 0.5) is 0 Å². The van der Waals surface area contributed by atoms with Crippen LogP contribution in [0.3, 0.4) is 0 Å². The Labute approximate surface area is 114 Å². The summed E-state index contributed by atoms with van der Waals surface area (Å²) in [6, 6.07) is 5.41. The molecule has 1 heterocycles. The van der Waals surface area contributed by atoms with E-state index in [2.05, 4.69) is 15.8 Å². The molecule has 20 heavy (non-hydrogen) atoms. The molecule has 2 N–H and O–H groups in total. The van der Waals surface area contributed by atoms with Gasteiger partial charge in [-0.1, -0.05) is 0 Å². The van der Waals surface area contributed by atoms with Gasteiger partial charge in [-0.2, -0.15) is 5.10 Å². The molecule has 1 aromatic rings. The molecule has 1 aliphatic heterocycles. The highest BCUT2D eigenvalue weighted by Crippen LogP contribution is 2.31. The number of nitrogens with one attached hydrogen (secondary N) is 2. The van der Waals surface area contributed by atoms with Crippen molar-refractivity contribution < 1.29 is 19.1 Å². The van der Waals surface area contributed by atoms with E-state index >= 15 is 0 Å². The van der Waals surface area contributed by atoms with E-state index in [0.717, 1.165) is 18.4 Å². The third kappa shape index (κ3) is 2.87. The van der Waals surface area contributed by atoms with Gasteiger partial charge in [-0.3, -0.25) is 9.59 Å². The largest absolute Gasteiger partial charge is 0.454 e. The van der Waals surface area contributed by atoms with Gasteiger partial charge < -0.3 is 14.8 Å². The van der Waals surface area contributed by atoms with E-state index in [0.29, 0.717) is 11.5 Å². The molecule has 1 fully saturated rings. The van der Waals surface area contributed by atoms with Gasteiger partial charge in [0.25, 0.3) is 0 Å². The summed E-state index contributed by atoms with van der Waals surface area (Å²) < 4.78 is 10.4. The van der Waals surface area contributed by atoms with E-state index in [1.54, 1.807) is 18.2 Å². The normalized spacial score (nSPS) is 16.2. The van der Waals surface area contributed by atoms with Crippen LogP contribution in [-0.2, 0) is 9.59 Å². The second kappa shape index (κ2) is 5.20. The van der Waals surface area contributed by atoms with E-state index in [4.69, 9.17) is 9.47 Å². The van der Waals surface area contributed by atoms with E-state index in [1.165, 1.54) is 6.21 Å². The molecule has 0 atom stereocenters. The number of rotatable bonds is 3. The Bertz CT molecular complexity index is 581. The van der Waals surface area contributed by atoms with Crippen LogP contribution in [0.25, 0.3) is 0 Å². The number of carbonyl (C=O) groups excluding carboxylic acids is 2. The summed E-state index contributed by atoms with van der Waals surface area (Å²) in [7, 11) is 0. The van der Waals surface area contributed by atoms with Crippen molar-refractivity contribution in [2.45, 2.75) is 18.9 Å². The lowest BCUT2D eigenvalue weighted by Gasteiger charge is -2.01. The molecule has 0 saturated heterocycles. The van der Waals surface area contributed by atoms with Crippen LogP contribution in [-0.4, -0.2) is 30.9 Å². The van der Waals surface area contributed by atoms with Gasteiger partial charge in [-0.15, -0.1) is 0 Å². The molecule has 1 aliphatic carbocycles. The quantitative estimate of drug-likeness (QED) is 0.466. The third-order valence-corrected chi connectivity index (χ3v) is 2.90. The minimum absolute atomic E-state index is 0.145. The van der Waals surface area contributed by atoms with Crippen LogP contribution in [0.2, 0.25) is 0 Å². The summed E-state index contributed by atoms with van der Waals surface area (Å²) in [4.78, 5) is 22.8. The van der Waals surface area contributed by atoms with Crippen LogP contribution in [0.15, 0.2) is 23.3 Å². The number of hydrazone groups is 1. The Morgan fingerprint density at radius 1 is 1.20 bits per heavy atom. The minimum Gasteiger partial charge on any atom is -0.454 e. The zero-order chi connectivity index (χ0) is 13.9. The standard InChI is InChI=1S/C13H13N3O4/c17-12(15-9-2-3-9)13(18)16-14-6-8-1-4-10-11(5-8)20-7-19-10/h1,4-6,9H,2-3,7H2,(H,15,17)(H,16,18)/b14-6-. The van der Waals surface area contributed by atoms with Crippen LogP contribution in [0, 0.1) is 0 Å². The highest BCUT2D eigenvalue weighted by molar-refractivity contribution is 6.35. The first-order chi connectivity index (χ1) is 9.72. The van der Waals surface area contributed by atoms with Gasteiger partial charge >= 0.3 is 11.8 Å². The fourth-order valence-corrected chi connectivity index (χ4v) is 1.69. The molecular weight excluding hydrogens is 262 g/mol. The van der Waals surface area contributed by atoms with Crippen molar-refractivity contribution in [1.82, 2.24) is 10.7 Å². The molecule has 0 bridgehead atoms. The Morgan fingerprint density at radius 2 is 2.00 bits per heavy atom. The third-order valence-electron chi connectivity index (χ3n) is 2.90. The lowest BCUT2D eigenvalue weighted by molar-refractivity contribution is -0.139.